The van der Waals surface area contributed by atoms with E-state index in [1.54, 1.807) is 18.3 Å². The number of aromatic amines is 1. The summed E-state index contributed by atoms with van der Waals surface area (Å²) < 4.78 is 0. The standard InChI is InChI=1S/C32H42N8O6/c33-14-8-7-13-25(32(45)46)39-31(44)27(17-23-18-35-20-37-23)38-28(41)19-36-30(43)26(16-22-11-5-2-6-12-22)40-29(42)24(34)15-21-9-3-1-4-10-21/h1-6,9-12,18,20,24-27H,7-8,13-17,19,33-34H2,(H,35,37)(H,36,43)(H,38,41)(H,39,44)(H,40,42)(H,45,46)/t24-,25-,26-,27-/m0/s1. The van der Waals surface area contributed by atoms with E-state index in [1.165, 1.54) is 6.33 Å². The van der Waals surface area contributed by atoms with Crippen molar-refractivity contribution in [3.05, 3.63) is 90.0 Å². The van der Waals surface area contributed by atoms with Crippen molar-refractivity contribution in [1.82, 2.24) is 31.2 Å². The Kier molecular flexibility index (Phi) is 14.4. The lowest BCUT2D eigenvalue weighted by Gasteiger charge is -2.22. The van der Waals surface area contributed by atoms with Crippen LogP contribution in [0.1, 0.15) is 36.1 Å². The highest BCUT2D eigenvalue weighted by Crippen LogP contribution is 2.07. The lowest BCUT2D eigenvalue weighted by molar-refractivity contribution is -0.142. The first-order valence-corrected chi connectivity index (χ1v) is 15.1. The number of hydrogen-bond donors (Lipinski definition) is 8. The fourth-order valence-electron chi connectivity index (χ4n) is 4.68. The summed E-state index contributed by atoms with van der Waals surface area (Å²) in [6, 6.07) is 14.0. The van der Waals surface area contributed by atoms with Crippen molar-refractivity contribution in [2.24, 2.45) is 11.5 Å². The van der Waals surface area contributed by atoms with Gasteiger partial charge in [-0.15, -0.1) is 0 Å². The van der Waals surface area contributed by atoms with Gasteiger partial charge in [-0.1, -0.05) is 60.7 Å². The van der Waals surface area contributed by atoms with Crippen LogP contribution in [-0.2, 0) is 43.2 Å². The number of rotatable bonds is 19. The average Bonchev–Trinajstić information content (AvgIpc) is 3.56. The molecule has 0 fully saturated rings. The minimum absolute atomic E-state index is 0.0316. The van der Waals surface area contributed by atoms with Gasteiger partial charge < -0.3 is 42.8 Å². The third-order valence-electron chi connectivity index (χ3n) is 7.16. The van der Waals surface area contributed by atoms with Crippen molar-refractivity contribution in [1.29, 1.82) is 0 Å². The highest BCUT2D eigenvalue weighted by molar-refractivity contribution is 5.94. The summed E-state index contributed by atoms with van der Waals surface area (Å²) in [6.45, 7) is -0.126. The molecule has 0 saturated heterocycles. The van der Waals surface area contributed by atoms with Crippen LogP contribution in [0.5, 0.6) is 0 Å². The summed E-state index contributed by atoms with van der Waals surface area (Å²) in [5.41, 5.74) is 13.7. The number of amides is 4. The molecule has 14 heteroatoms. The minimum Gasteiger partial charge on any atom is -0.480 e. The molecule has 46 heavy (non-hydrogen) atoms. The first-order valence-electron chi connectivity index (χ1n) is 15.1. The summed E-state index contributed by atoms with van der Waals surface area (Å²) in [5.74, 6) is -3.79. The number of nitrogens with one attached hydrogen (secondary N) is 5. The molecule has 4 atom stereocenters. The van der Waals surface area contributed by atoms with Gasteiger partial charge in [0.15, 0.2) is 0 Å². The van der Waals surface area contributed by atoms with Gasteiger partial charge in [0.2, 0.25) is 23.6 Å². The topological polar surface area (TPSA) is 234 Å². The Balaban J connectivity index is 1.65. The SMILES string of the molecule is NCCCC[C@H](NC(=O)[C@H](Cc1c[nH]cn1)NC(=O)CNC(=O)[C@H](Cc1ccccc1)NC(=O)[C@@H](N)Cc1ccccc1)C(=O)O. The Morgan fingerprint density at radius 3 is 1.96 bits per heavy atom. The molecule has 0 aliphatic heterocycles. The van der Waals surface area contributed by atoms with Crippen molar-refractivity contribution in [2.45, 2.75) is 62.7 Å². The summed E-state index contributed by atoms with van der Waals surface area (Å²) >= 11 is 0. The van der Waals surface area contributed by atoms with Gasteiger partial charge in [0.25, 0.3) is 0 Å². The number of carboxylic acid groups (broad SMARTS) is 1. The summed E-state index contributed by atoms with van der Waals surface area (Å²) in [6.07, 6.45) is 4.59. The lowest BCUT2D eigenvalue weighted by Crippen LogP contribution is -2.56. The number of aromatic nitrogens is 2. The normalized spacial score (nSPS) is 13.4. The van der Waals surface area contributed by atoms with Crippen LogP contribution in [0.25, 0.3) is 0 Å². The van der Waals surface area contributed by atoms with Gasteiger partial charge in [-0.3, -0.25) is 19.2 Å². The van der Waals surface area contributed by atoms with Crippen molar-refractivity contribution in [2.75, 3.05) is 13.1 Å². The van der Waals surface area contributed by atoms with Crippen LogP contribution in [0.15, 0.2) is 73.2 Å². The zero-order chi connectivity index (χ0) is 33.3. The number of carboxylic acids is 1. The van der Waals surface area contributed by atoms with Crippen molar-refractivity contribution in [3.8, 4) is 0 Å². The molecule has 0 saturated carbocycles. The van der Waals surface area contributed by atoms with Gasteiger partial charge >= 0.3 is 5.97 Å². The maximum absolute atomic E-state index is 13.3. The van der Waals surface area contributed by atoms with E-state index in [4.69, 9.17) is 11.5 Å². The van der Waals surface area contributed by atoms with Crippen LogP contribution in [0.4, 0.5) is 0 Å². The second kappa shape index (κ2) is 18.7. The summed E-state index contributed by atoms with van der Waals surface area (Å²) in [4.78, 5) is 70.9. The van der Waals surface area contributed by atoms with Gasteiger partial charge in [-0.25, -0.2) is 9.78 Å². The molecule has 10 N–H and O–H groups in total. The minimum atomic E-state index is -1.21. The molecule has 1 aromatic heterocycles. The van der Waals surface area contributed by atoms with Crippen LogP contribution >= 0.6 is 0 Å². The maximum atomic E-state index is 13.3. The van der Waals surface area contributed by atoms with E-state index in [0.29, 0.717) is 25.1 Å². The van der Waals surface area contributed by atoms with E-state index in [0.717, 1.165) is 11.1 Å². The maximum Gasteiger partial charge on any atom is 0.326 e. The first kappa shape index (κ1) is 35.4. The lowest BCUT2D eigenvalue weighted by atomic mass is 10.0. The Labute approximate surface area is 267 Å². The van der Waals surface area contributed by atoms with E-state index in [2.05, 4.69) is 31.2 Å². The number of benzene rings is 2. The number of imidazole rings is 1. The van der Waals surface area contributed by atoms with E-state index in [-0.39, 0.29) is 25.7 Å². The number of hydrogen-bond acceptors (Lipinski definition) is 8. The van der Waals surface area contributed by atoms with Gasteiger partial charge in [-0.05, 0) is 43.4 Å². The quantitative estimate of drug-likeness (QED) is 0.0796. The van der Waals surface area contributed by atoms with Crippen LogP contribution in [0.3, 0.4) is 0 Å². The van der Waals surface area contributed by atoms with Crippen molar-refractivity contribution < 1.29 is 29.1 Å². The Morgan fingerprint density at radius 1 is 0.761 bits per heavy atom. The second-order valence-corrected chi connectivity index (χ2v) is 10.8. The zero-order valence-electron chi connectivity index (χ0n) is 25.5. The first-order chi connectivity index (χ1) is 22.2. The van der Waals surface area contributed by atoms with Crippen LogP contribution in [-0.4, -0.2) is 81.9 Å². The molecule has 246 valence electrons. The van der Waals surface area contributed by atoms with Crippen molar-refractivity contribution in [3.63, 3.8) is 0 Å². The van der Waals surface area contributed by atoms with E-state index < -0.39 is 60.3 Å². The fraction of sp³-hybridized carbons (Fsp3) is 0.375. The third kappa shape index (κ3) is 12.1. The van der Waals surface area contributed by atoms with Gasteiger partial charge in [-0.2, -0.15) is 0 Å². The number of aliphatic carboxylic acids is 1. The molecule has 2 aromatic carbocycles. The third-order valence-corrected chi connectivity index (χ3v) is 7.16. The monoisotopic (exact) mass is 634 g/mol. The zero-order valence-corrected chi connectivity index (χ0v) is 25.5. The van der Waals surface area contributed by atoms with E-state index in [1.807, 2.05) is 48.5 Å². The van der Waals surface area contributed by atoms with Crippen molar-refractivity contribution >= 4 is 29.6 Å². The number of nitrogens with zero attached hydrogens (tertiary/aromatic N) is 1. The van der Waals surface area contributed by atoms with Gasteiger partial charge in [0.1, 0.15) is 18.1 Å². The molecule has 0 spiro atoms. The Bertz CT molecular complexity index is 1400. The highest BCUT2D eigenvalue weighted by Gasteiger charge is 2.28. The molecule has 1 heterocycles. The average molecular weight is 635 g/mol. The Hall–Kier alpha value is -5.08. The molecule has 4 amide bonds. The molecule has 3 aromatic rings. The van der Waals surface area contributed by atoms with Gasteiger partial charge in [0, 0.05) is 19.0 Å². The van der Waals surface area contributed by atoms with Crippen LogP contribution in [0.2, 0.25) is 0 Å². The fourth-order valence-corrected chi connectivity index (χ4v) is 4.68. The largest absolute Gasteiger partial charge is 0.480 e. The number of unbranched alkanes of at least 4 members (excludes halogenated alkanes) is 1. The molecule has 14 nitrogen and oxygen atoms in total. The number of nitrogens with two attached hydrogens (primary N) is 2. The molecule has 0 radical (unpaired) electrons. The second-order valence-electron chi connectivity index (χ2n) is 10.8. The molecule has 3 rings (SSSR count). The number of carbonyl (C=O) groups is 5. The summed E-state index contributed by atoms with van der Waals surface area (Å²) in [7, 11) is 0. The van der Waals surface area contributed by atoms with Crippen LogP contribution in [0, 0.1) is 0 Å². The van der Waals surface area contributed by atoms with Crippen LogP contribution < -0.4 is 32.7 Å². The Morgan fingerprint density at radius 2 is 1.37 bits per heavy atom. The molecule has 0 aliphatic rings. The molecular weight excluding hydrogens is 592 g/mol. The smallest absolute Gasteiger partial charge is 0.326 e. The van der Waals surface area contributed by atoms with Gasteiger partial charge in [0.05, 0.1) is 24.6 Å². The molecule has 0 unspecified atom stereocenters. The number of H-pyrrole nitrogens is 1. The highest BCUT2D eigenvalue weighted by atomic mass is 16.4. The van der Waals surface area contributed by atoms with E-state index in [9.17, 15) is 29.1 Å². The number of carbonyl (C=O) groups excluding carboxylic acids is 4. The predicted molar refractivity (Wildman–Crippen MR) is 170 cm³/mol. The molecular formula is C32H42N8O6. The molecule has 0 bridgehead atoms. The predicted octanol–water partition coefficient (Wildman–Crippen LogP) is -0.451. The molecule has 0 aliphatic carbocycles. The summed E-state index contributed by atoms with van der Waals surface area (Å²) in [5, 5.41) is 19.8. The van der Waals surface area contributed by atoms with E-state index >= 15 is 0 Å².